The van der Waals surface area contributed by atoms with Crippen LogP contribution in [-0.2, 0) is 4.74 Å². The summed E-state index contributed by atoms with van der Waals surface area (Å²) < 4.78 is 4.89. The molecule has 0 bridgehead atoms. The normalized spacial score (nSPS) is 49.7. The molecular weight excluding hydrogens is 236 g/mol. The molecule has 0 aromatic rings. The van der Waals surface area contributed by atoms with Crippen LogP contribution in [0.5, 0.6) is 0 Å². The average molecular weight is 254 g/mol. The van der Waals surface area contributed by atoms with E-state index >= 15 is 0 Å². The number of thiol groups is 1. The van der Waals surface area contributed by atoms with Crippen molar-refractivity contribution in [2.24, 2.45) is 5.92 Å². The first-order valence-electron chi connectivity index (χ1n) is 5.00. The molecule has 0 unspecified atom stereocenters. The van der Waals surface area contributed by atoms with Gasteiger partial charge in [-0.3, -0.25) is 0 Å². The van der Waals surface area contributed by atoms with Gasteiger partial charge >= 0.3 is 0 Å². The van der Waals surface area contributed by atoms with Crippen molar-refractivity contribution in [2.75, 3.05) is 6.61 Å². The van der Waals surface area contributed by atoms with E-state index in [1.807, 2.05) is 0 Å². The van der Waals surface area contributed by atoms with Crippen LogP contribution >= 0.6 is 12.6 Å². The number of aliphatic hydroxyl groups excluding tert-OH is 3. The highest BCUT2D eigenvalue weighted by Crippen LogP contribution is 2.43. The Labute approximate surface area is 98.9 Å². The van der Waals surface area contributed by atoms with Crippen molar-refractivity contribution in [3.8, 4) is 0 Å². The lowest BCUT2D eigenvalue weighted by Gasteiger charge is -2.52. The Morgan fingerprint density at radius 1 is 1.31 bits per heavy atom. The monoisotopic (exact) mass is 254 g/mol. The van der Waals surface area contributed by atoms with E-state index < -0.39 is 41.6 Å². The molecule has 0 aromatic carbocycles. The van der Waals surface area contributed by atoms with Gasteiger partial charge in [-0.25, -0.2) is 0 Å². The van der Waals surface area contributed by atoms with Crippen molar-refractivity contribution < 1.29 is 30.3 Å². The minimum absolute atomic E-state index is 0.602. The minimum Gasteiger partial charge on any atom is -0.394 e. The molecule has 1 fully saturated rings. The Hall–Kier alpha value is 0.110. The molecule has 16 heavy (non-hydrogen) atoms. The predicted octanol–water partition coefficient (Wildman–Crippen LogP) is -1.94. The third-order valence-corrected chi connectivity index (χ3v) is 3.52. The molecule has 0 saturated carbocycles. The summed E-state index contributed by atoms with van der Waals surface area (Å²) in [6.07, 6.45) is -4.36. The van der Waals surface area contributed by atoms with Gasteiger partial charge in [-0.05, 0) is 5.92 Å². The molecular formula is C9H18O6S. The molecule has 0 aromatic heterocycles. The summed E-state index contributed by atoms with van der Waals surface area (Å²) >= 11 is 3.75. The van der Waals surface area contributed by atoms with E-state index in [-0.39, 0.29) is 0 Å². The van der Waals surface area contributed by atoms with E-state index in [0.717, 1.165) is 0 Å². The Kier molecular flexibility index (Phi) is 3.91. The van der Waals surface area contributed by atoms with Gasteiger partial charge in [0.1, 0.15) is 18.3 Å². The lowest BCUT2D eigenvalue weighted by Crippen LogP contribution is -2.73. The van der Waals surface area contributed by atoms with Crippen LogP contribution in [0.2, 0.25) is 0 Å². The fourth-order valence-corrected chi connectivity index (χ4v) is 2.42. The largest absolute Gasteiger partial charge is 0.394 e. The van der Waals surface area contributed by atoms with Crippen molar-refractivity contribution in [3.05, 3.63) is 0 Å². The van der Waals surface area contributed by atoms with E-state index in [4.69, 9.17) is 9.84 Å². The minimum atomic E-state index is -2.34. The highest BCUT2D eigenvalue weighted by molar-refractivity contribution is 7.81. The van der Waals surface area contributed by atoms with Crippen LogP contribution in [0.15, 0.2) is 0 Å². The molecule has 7 heteroatoms. The van der Waals surface area contributed by atoms with Crippen LogP contribution < -0.4 is 0 Å². The summed E-state index contributed by atoms with van der Waals surface area (Å²) in [7, 11) is 0. The second kappa shape index (κ2) is 4.41. The molecule has 5 atom stereocenters. The molecule has 5 N–H and O–H groups in total. The first-order valence-corrected chi connectivity index (χ1v) is 5.45. The topological polar surface area (TPSA) is 110 Å². The second-order valence-corrected chi connectivity index (χ2v) is 4.97. The maximum atomic E-state index is 10.2. The van der Waals surface area contributed by atoms with Crippen molar-refractivity contribution in [3.63, 3.8) is 0 Å². The van der Waals surface area contributed by atoms with Crippen LogP contribution in [0.3, 0.4) is 0 Å². The van der Waals surface area contributed by atoms with Crippen molar-refractivity contribution in [1.29, 1.82) is 0 Å². The zero-order valence-corrected chi connectivity index (χ0v) is 10.0. The van der Waals surface area contributed by atoms with Crippen LogP contribution in [0.1, 0.15) is 13.8 Å². The van der Waals surface area contributed by atoms with E-state index in [1.54, 1.807) is 13.8 Å². The summed E-state index contributed by atoms with van der Waals surface area (Å²) in [5, 5.41) is 46.0. The fourth-order valence-electron chi connectivity index (χ4n) is 1.89. The van der Waals surface area contributed by atoms with Crippen LogP contribution in [-0.4, -0.2) is 61.2 Å². The molecule has 0 spiro atoms. The van der Waals surface area contributed by atoms with Crippen LogP contribution in [0.4, 0.5) is 0 Å². The highest BCUT2D eigenvalue weighted by atomic mass is 32.1. The predicted molar refractivity (Wildman–Crippen MR) is 57.7 cm³/mol. The molecule has 1 aliphatic heterocycles. The third kappa shape index (κ3) is 1.86. The molecule has 1 saturated heterocycles. The van der Waals surface area contributed by atoms with Crippen molar-refractivity contribution in [1.82, 2.24) is 0 Å². The average Bonchev–Trinajstić information content (AvgIpc) is 2.20. The lowest BCUT2D eigenvalue weighted by atomic mass is 9.78. The Morgan fingerprint density at radius 3 is 2.19 bits per heavy atom. The van der Waals surface area contributed by atoms with Crippen LogP contribution in [0, 0.1) is 5.92 Å². The number of aliphatic hydroxyl groups is 5. The molecule has 0 amide bonds. The maximum absolute atomic E-state index is 10.2. The number of hydrogen-bond donors (Lipinski definition) is 6. The first kappa shape index (κ1) is 14.2. The Balaban J connectivity index is 3.10. The summed E-state index contributed by atoms with van der Waals surface area (Å²) in [6.45, 7) is 2.48. The van der Waals surface area contributed by atoms with Gasteiger partial charge in [0.2, 0.25) is 5.12 Å². The van der Waals surface area contributed by atoms with Gasteiger partial charge in [-0.2, -0.15) is 0 Å². The summed E-state index contributed by atoms with van der Waals surface area (Å²) in [6, 6.07) is 0. The fraction of sp³-hybridized carbons (Fsp3) is 1.00. The zero-order chi connectivity index (χ0) is 12.7. The van der Waals surface area contributed by atoms with Crippen LogP contribution in [0.25, 0.3) is 0 Å². The Bertz CT molecular complexity index is 258. The van der Waals surface area contributed by atoms with Gasteiger partial charge in [-0.15, -0.1) is 12.6 Å². The van der Waals surface area contributed by atoms with Crippen molar-refractivity contribution >= 4 is 12.6 Å². The van der Waals surface area contributed by atoms with Gasteiger partial charge in [0, 0.05) is 0 Å². The molecule has 0 aliphatic carbocycles. The maximum Gasteiger partial charge on any atom is 0.246 e. The highest BCUT2D eigenvalue weighted by Gasteiger charge is 2.63. The van der Waals surface area contributed by atoms with E-state index in [9.17, 15) is 20.4 Å². The van der Waals surface area contributed by atoms with Gasteiger partial charge in [-0.1, -0.05) is 13.8 Å². The molecule has 6 nitrogen and oxygen atoms in total. The summed E-state index contributed by atoms with van der Waals surface area (Å²) in [5.74, 6) is -0.612. The molecule has 1 aliphatic rings. The third-order valence-electron chi connectivity index (χ3n) is 3.05. The lowest BCUT2D eigenvalue weighted by molar-refractivity contribution is -0.357. The SMILES string of the molecule is CC(C)[C@]1(O)[C@@H](O)[C@@H](O)[C@@H](CO)O[C@@]1(O)S. The second-order valence-electron chi connectivity index (χ2n) is 4.36. The smallest absolute Gasteiger partial charge is 0.246 e. The number of rotatable bonds is 2. The van der Waals surface area contributed by atoms with Gasteiger partial charge in [0.05, 0.1) is 6.61 Å². The van der Waals surface area contributed by atoms with E-state index in [2.05, 4.69) is 12.6 Å². The molecule has 1 rings (SSSR count). The summed E-state index contributed by atoms with van der Waals surface area (Å²) in [4.78, 5) is 0. The Morgan fingerprint density at radius 2 is 1.81 bits per heavy atom. The zero-order valence-electron chi connectivity index (χ0n) is 9.11. The quantitative estimate of drug-likeness (QED) is 0.253. The molecule has 96 valence electrons. The molecule has 1 heterocycles. The number of ether oxygens (including phenoxy) is 1. The molecule has 0 radical (unpaired) electrons. The van der Waals surface area contributed by atoms with Gasteiger partial charge in [0.15, 0.2) is 5.60 Å². The van der Waals surface area contributed by atoms with Crippen molar-refractivity contribution in [2.45, 2.75) is 42.9 Å². The van der Waals surface area contributed by atoms with Gasteiger partial charge < -0.3 is 30.3 Å². The van der Waals surface area contributed by atoms with E-state index in [1.165, 1.54) is 0 Å². The summed E-state index contributed by atoms with van der Waals surface area (Å²) in [5.41, 5.74) is -2.12. The van der Waals surface area contributed by atoms with E-state index in [0.29, 0.717) is 0 Å². The standard InChI is InChI=1S/C9H18O6S/c1-4(2)8(13)7(12)6(11)5(3-10)15-9(8,14)16/h4-7,10-14,16H,3H2,1-2H3/t5-,6+,7+,8+,9-/m1/s1. The first-order chi connectivity index (χ1) is 7.18. The van der Waals surface area contributed by atoms with Gasteiger partial charge in [0.25, 0.3) is 0 Å². The number of hydrogen-bond acceptors (Lipinski definition) is 7.